The number of ether oxygens (including phenoxy) is 1. The van der Waals surface area contributed by atoms with Gasteiger partial charge < -0.3 is 9.84 Å². The van der Waals surface area contributed by atoms with Gasteiger partial charge in [-0.2, -0.15) is 0 Å². The molecule has 0 bridgehead atoms. The third kappa shape index (κ3) is 2.86. The standard InChI is InChI=1S/C12H16ClNO2/c13-10-5-6-12(14-11(10)7-15)16-8-9-3-1-2-4-9/h5-6,9,15H,1-4,7-8H2. The highest BCUT2D eigenvalue weighted by Gasteiger charge is 2.15. The molecule has 1 N–H and O–H groups in total. The number of aromatic nitrogens is 1. The van der Waals surface area contributed by atoms with Gasteiger partial charge in [-0.05, 0) is 24.8 Å². The van der Waals surface area contributed by atoms with Crippen molar-refractivity contribution >= 4 is 11.6 Å². The summed E-state index contributed by atoms with van der Waals surface area (Å²) in [5.41, 5.74) is 0.477. The Morgan fingerprint density at radius 1 is 1.38 bits per heavy atom. The van der Waals surface area contributed by atoms with Crippen molar-refractivity contribution in [1.29, 1.82) is 0 Å². The normalized spacial score (nSPS) is 16.6. The van der Waals surface area contributed by atoms with Crippen molar-refractivity contribution < 1.29 is 9.84 Å². The first-order valence-electron chi connectivity index (χ1n) is 5.68. The highest BCUT2D eigenvalue weighted by atomic mass is 35.5. The van der Waals surface area contributed by atoms with Crippen molar-refractivity contribution in [3.63, 3.8) is 0 Å². The Morgan fingerprint density at radius 3 is 2.81 bits per heavy atom. The van der Waals surface area contributed by atoms with Crippen LogP contribution in [0.5, 0.6) is 5.88 Å². The second-order valence-corrected chi connectivity index (χ2v) is 4.60. The van der Waals surface area contributed by atoms with Gasteiger partial charge in [0.2, 0.25) is 5.88 Å². The van der Waals surface area contributed by atoms with Crippen LogP contribution in [0, 0.1) is 5.92 Å². The lowest BCUT2D eigenvalue weighted by atomic mass is 10.1. The van der Waals surface area contributed by atoms with Crippen LogP contribution in [0.25, 0.3) is 0 Å². The lowest BCUT2D eigenvalue weighted by Gasteiger charge is -2.11. The van der Waals surface area contributed by atoms with Crippen molar-refractivity contribution in [3.8, 4) is 5.88 Å². The van der Waals surface area contributed by atoms with Crippen molar-refractivity contribution in [2.75, 3.05) is 6.61 Å². The summed E-state index contributed by atoms with van der Waals surface area (Å²) in [6.07, 6.45) is 5.12. The summed E-state index contributed by atoms with van der Waals surface area (Å²) < 4.78 is 5.61. The number of hydrogen-bond donors (Lipinski definition) is 1. The number of hydrogen-bond acceptors (Lipinski definition) is 3. The van der Waals surface area contributed by atoms with Gasteiger partial charge in [-0.15, -0.1) is 0 Å². The van der Waals surface area contributed by atoms with E-state index >= 15 is 0 Å². The van der Waals surface area contributed by atoms with Gasteiger partial charge >= 0.3 is 0 Å². The first-order valence-corrected chi connectivity index (χ1v) is 6.06. The van der Waals surface area contributed by atoms with Gasteiger partial charge in [0, 0.05) is 6.07 Å². The summed E-state index contributed by atoms with van der Waals surface area (Å²) >= 11 is 5.85. The van der Waals surface area contributed by atoms with Crippen LogP contribution in [-0.4, -0.2) is 16.7 Å². The summed E-state index contributed by atoms with van der Waals surface area (Å²) in [5, 5.41) is 9.50. The molecular formula is C12H16ClNO2. The van der Waals surface area contributed by atoms with Gasteiger partial charge in [0.15, 0.2) is 0 Å². The van der Waals surface area contributed by atoms with E-state index in [1.54, 1.807) is 12.1 Å². The Morgan fingerprint density at radius 2 is 2.12 bits per heavy atom. The monoisotopic (exact) mass is 241 g/mol. The number of nitrogens with zero attached hydrogens (tertiary/aromatic N) is 1. The molecule has 0 amide bonds. The minimum absolute atomic E-state index is 0.153. The van der Waals surface area contributed by atoms with Crippen molar-refractivity contribution in [2.24, 2.45) is 5.92 Å². The van der Waals surface area contributed by atoms with Gasteiger partial charge in [0.1, 0.15) is 0 Å². The largest absolute Gasteiger partial charge is 0.477 e. The summed E-state index contributed by atoms with van der Waals surface area (Å²) in [4.78, 5) is 4.15. The first kappa shape index (κ1) is 11.7. The second kappa shape index (κ2) is 5.51. The van der Waals surface area contributed by atoms with E-state index in [-0.39, 0.29) is 6.61 Å². The van der Waals surface area contributed by atoms with E-state index in [0.29, 0.717) is 22.5 Å². The highest BCUT2D eigenvalue weighted by Crippen LogP contribution is 2.25. The molecular weight excluding hydrogens is 226 g/mol. The minimum atomic E-state index is -0.153. The predicted octanol–water partition coefficient (Wildman–Crippen LogP) is 2.80. The fourth-order valence-electron chi connectivity index (χ4n) is 2.04. The SMILES string of the molecule is OCc1nc(OCC2CCCC2)ccc1Cl. The smallest absolute Gasteiger partial charge is 0.213 e. The van der Waals surface area contributed by atoms with E-state index in [4.69, 9.17) is 21.4 Å². The predicted molar refractivity (Wildman–Crippen MR) is 62.6 cm³/mol. The summed E-state index contributed by atoms with van der Waals surface area (Å²) in [6.45, 7) is 0.568. The quantitative estimate of drug-likeness (QED) is 0.882. The molecule has 0 spiro atoms. The van der Waals surface area contributed by atoms with Crippen LogP contribution < -0.4 is 4.74 Å². The highest BCUT2D eigenvalue weighted by molar-refractivity contribution is 6.31. The Bertz CT molecular complexity index is 351. The van der Waals surface area contributed by atoms with E-state index in [9.17, 15) is 0 Å². The Labute approximate surface area is 100 Å². The Balaban J connectivity index is 1.93. The summed E-state index contributed by atoms with van der Waals surface area (Å²) in [5.74, 6) is 1.22. The van der Waals surface area contributed by atoms with Crippen LogP contribution in [0.3, 0.4) is 0 Å². The van der Waals surface area contributed by atoms with Gasteiger partial charge in [0.25, 0.3) is 0 Å². The van der Waals surface area contributed by atoms with Crippen LogP contribution in [0.15, 0.2) is 12.1 Å². The number of halogens is 1. The molecule has 0 radical (unpaired) electrons. The third-order valence-corrected chi connectivity index (χ3v) is 3.33. The lowest BCUT2D eigenvalue weighted by Crippen LogP contribution is -2.09. The maximum atomic E-state index is 9.02. The molecule has 2 rings (SSSR count). The lowest BCUT2D eigenvalue weighted by molar-refractivity contribution is 0.238. The van der Waals surface area contributed by atoms with E-state index in [0.717, 1.165) is 6.61 Å². The molecule has 1 aromatic rings. The van der Waals surface area contributed by atoms with Crippen LogP contribution in [0.4, 0.5) is 0 Å². The summed E-state index contributed by atoms with van der Waals surface area (Å²) in [7, 11) is 0. The van der Waals surface area contributed by atoms with Gasteiger partial charge in [-0.1, -0.05) is 24.4 Å². The maximum Gasteiger partial charge on any atom is 0.213 e. The van der Waals surface area contributed by atoms with Crippen molar-refractivity contribution in [3.05, 3.63) is 22.8 Å². The van der Waals surface area contributed by atoms with E-state index in [1.165, 1.54) is 25.7 Å². The number of aliphatic hydroxyl groups is 1. The first-order chi connectivity index (χ1) is 7.79. The average Bonchev–Trinajstić information content (AvgIpc) is 2.81. The molecule has 0 aromatic carbocycles. The molecule has 1 aliphatic rings. The fraction of sp³-hybridized carbons (Fsp3) is 0.583. The number of aliphatic hydroxyl groups excluding tert-OH is 1. The third-order valence-electron chi connectivity index (χ3n) is 2.98. The van der Waals surface area contributed by atoms with Crippen LogP contribution >= 0.6 is 11.6 Å². The number of pyridine rings is 1. The molecule has 16 heavy (non-hydrogen) atoms. The summed E-state index contributed by atoms with van der Waals surface area (Å²) in [6, 6.07) is 3.46. The van der Waals surface area contributed by atoms with E-state index in [2.05, 4.69) is 4.98 Å². The zero-order chi connectivity index (χ0) is 11.4. The molecule has 1 fully saturated rings. The van der Waals surface area contributed by atoms with Crippen LogP contribution in [-0.2, 0) is 6.61 Å². The zero-order valence-corrected chi connectivity index (χ0v) is 9.91. The molecule has 1 aromatic heterocycles. The molecule has 88 valence electrons. The molecule has 3 nitrogen and oxygen atoms in total. The minimum Gasteiger partial charge on any atom is -0.477 e. The molecule has 0 aliphatic heterocycles. The molecule has 1 saturated carbocycles. The van der Waals surface area contributed by atoms with Gasteiger partial charge in [-0.3, -0.25) is 0 Å². The van der Waals surface area contributed by atoms with Gasteiger partial charge in [-0.25, -0.2) is 4.98 Å². The zero-order valence-electron chi connectivity index (χ0n) is 9.16. The fourth-order valence-corrected chi connectivity index (χ4v) is 2.20. The van der Waals surface area contributed by atoms with Gasteiger partial charge in [0.05, 0.1) is 23.9 Å². The average molecular weight is 242 g/mol. The molecule has 4 heteroatoms. The van der Waals surface area contributed by atoms with Crippen molar-refractivity contribution in [2.45, 2.75) is 32.3 Å². The maximum absolute atomic E-state index is 9.02. The molecule has 0 atom stereocenters. The Kier molecular flexibility index (Phi) is 4.02. The molecule has 0 unspecified atom stereocenters. The molecule has 1 heterocycles. The second-order valence-electron chi connectivity index (χ2n) is 4.20. The van der Waals surface area contributed by atoms with E-state index < -0.39 is 0 Å². The Hall–Kier alpha value is -0.800. The number of rotatable bonds is 4. The van der Waals surface area contributed by atoms with Crippen molar-refractivity contribution in [1.82, 2.24) is 4.98 Å². The van der Waals surface area contributed by atoms with Crippen LogP contribution in [0.2, 0.25) is 5.02 Å². The topological polar surface area (TPSA) is 42.4 Å². The molecule has 1 aliphatic carbocycles. The molecule has 0 saturated heterocycles. The van der Waals surface area contributed by atoms with Crippen LogP contribution in [0.1, 0.15) is 31.4 Å². The van der Waals surface area contributed by atoms with E-state index in [1.807, 2.05) is 0 Å².